The molecule has 0 fully saturated rings. The van der Waals surface area contributed by atoms with Crippen molar-refractivity contribution in [2.24, 2.45) is 0 Å². The van der Waals surface area contributed by atoms with Crippen molar-refractivity contribution < 1.29 is 5.11 Å². The summed E-state index contributed by atoms with van der Waals surface area (Å²) in [6.45, 7) is 1.72. The molecule has 0 saturated carbocycles. The maximum Gasteiger partial charge on any atom is 0.0991 e. The summed E-state index contributed by atoms with van der Waals surface area (Å²) in [5.74, 6) is 0. The first-order valence-corrected chi connectivity index (χ1v) is 6.16. The standard InChI is InChI=1S/C17H15NO/c1-13(19)5-6-14-3-2-4-17(11-14)16-9-7-15(12-18)8-10-16/h2-11,13,19H,1H3/b6-5+. The lowest BCUT2D eigenvalue weighted by atomic mass is 10.0. The molecule has 2 aromatic carbocycles. The average molecular weight is 249 g/mol. The number of nitriles is 1. The van der Waals surface area contributed by atoms with Gasteiger partial charge in [-0.1, -0.05) is 42.5 Å². The quantitative estimate of drug-likeness (QED) is 0.902. The van der Waals surface area contributed by atoms with Gasteiger partial charge in [-0.2, -0.15) is 5.26 Å². The summed E-state index contributed by atoms with van der Waals surface area (Å²) in [5, 5.41) is 18.0. The molecule has 2 rings (SSSR count). The Morgan fingerprint density at radius 3 is 2.47 bits per heavy atom. The van der Waals surface area contributed by atoms with Gasteiger partial charge in [-0.25, -0.2) is 0 Å². The van der Waals surface area contributed by atoms with Crippen molar-refractivity contribution in [3.8, 4) is 17.2 Å². The zero-order valence-electron chi connectivity index (χ0n) is 10.7. The van der Waals surface area contributed by atoms with Gasteiger partial charge in [-0.3, -0.25) is 0 Å². The van der Waals surface area contributed by atoms with Gasteiger partial charge in [0.2, 0.25) is 0 Å². The number of benzene rings is 2. The fraction of sp³-hybridized carbons (Fsp3) is 0.118. The highest BCUT2D eigenvalue weighted by Crippen LogP contribution is 2.21. The average Bonchev–Trinajstić information content (AvgIpc) is 2.45. The van der Waals surface area contributed by atoms with E-state index in [4.69, 9.17) is 5.26 Å². The van der Waals surface area contributed by atoms with Crippen LogP contribution in [0.4, 0.5) is 0 Å². The molecule has 2 aromatic rings. The van der Waals surface area contributed by atoms with E-state index in [0.717, 1.165) is 16.7 Å². The molecule has 1 N–H and O–H groups in total. The van der Waals surface area contributed by atoms with Crippen molar-refractivity contribution in [2.75, 3.05) is 0 Å². The highest BCUT2D eigenvalue weighted by molar-refractivity contribution is 5.68. The van der Waals surface area contributed by atoms with Crippen molar-refractivity contribution >= 4 is 6.08 Å². The van der Waals surface area contributed by atoms with E-state index in [2.05, 4.69) is 12.1 Å². The van der Waals surface area contributed by atoms with E-state index in [9.17, 15) is 5.11 Å². The van der Waals surface area contributed by atoms with Crippen LogP contribution in [-0.2, 0) is 0 Å². The minimum Gasteiger partial charge on any atom is -0.389 e. The van der Waals surface area contributed by atoms with Crippen LogP contribution in [-0.4, -0.2) is 11.2 Å². The number of hydrogen-bond donors (Lipinski definition) is 1. The number of aliphatic hydroxyl groups excluding tert-OH is 1. The minimum absolute atomic E-state index is 0.446. The molecular formula is C17H15NO. The van der Waals surface area contributed by atoms with Gasteiger partial charge in [0.15, 0.2) is 0 Å². The lowest BCUT2D eigenvalue weighted by Gasteiger charge is -2.03. The Hall–Kier alpha value is -2.37. The summed E-state index contributed by atoms with van der Waals surface area (Å²) in [6.07, 6.45) is 3.20. The van der Waals surface area contributed by atoms with Crippen LogP contribution < -0.4 is 0 Å². The summed E-state index contributed by atoms with van der Waals surface area (Å²) in [6, 6.07) is 17.7. The summed E-state index contributed by atoms with van der Waals surface area (Å²) in [7, 11) is 0. The lowest BCUT2D eigenvalue weighted by molar-refractivity contribution is 0.245. The Morgan fingerprint density at radius 1 is 1.11 bits per heavy atom. The molecule has 0 aliphatic carbocycles. The van der Waals surface area contributed by atoms with E-state index in [1.807, 2.05) is 48.5 Å². The van der Waals surface area contributed by atoms with Crippen LogP contribution in [0.15, 0.2) is 54.6 Å². The highest BCUT2D eigenvalue weighted by atomic mass is 16.3. The third-order valence-electron chi connectivity index (χ3n) is 2.80. The number of aliphatic hydroxyl groups is 1. The first kappa shape index (κ1) is 13.1. The maximum atomic E-state index is 9.24. The Balaban J connectivity index is 2.30. The van der Waals surface area contributed by atoms with Gasteiger partial charge in [0.1, 0.15) is 0 Å². The summed E-state index contributed by atoms with van der Waals surface area (Å²) in [5.41, 5.74) is 3.88. The van der Waals surface area contributed by atoms with Gasteiger partial charge < -0.3 is 5.11 Å². The van der Waals surface area contributed by atoms with Gasteiger partial charge in [0, 0.05) is 0 Å². The summed E-state index contributed by atoms with van der Waals surface area (Å²) < 4.78 is 0. The molecule has 0 heterocycles. The fourth-order valence-corrected chi connectivity index (χ4v) is 1.81. The van der Waals surface area contributed by atoms with Crippen molar-refractivity contribution in [2.45, 2.75) is 13.0 Å². The monoisotopic (exact) mass is 249 g/mol. The molecule has 0 amide bonds. The molecule has 0 bridgehead atoms. The first-order chi connectivity index (χ1) is 9.19. The van der Waals surface area contributed by atoms with Crippen LogP contribution in [0.2, 0.25) is 0 Å². The number of nitrogens with zero attached hydrogens (tertiary/aromatic N) is 1. The van der Waals surface area contributed by atoms with E-state index in [-0.39, 0.29) is 0 Å². The molecule has 19 heavy (non-hydrogen) atoms. The zero-order chi connectivity index (χ0) is 13.7. The molecular weight excluding hydrogens is 234 g/mol. The van der Waals surface area contributed by atoms with Crippen LogP contribution in [0.5, 0.6) is 0 Å². The van der Waals surface area contributed by atoms with Gasteiger partial charge in [-0.05, 0) is 41.8 Å². The smallest absolute Gasteiger partial charge is 0.0991 e. The Kier molecular flexibility index (Phi) is 4.12. The largest absolute Gasteiger partial charge is 0.389 e. The molecule has 0 aliphatic heterocycles. The normalized spacial score (nSPS) is 12.3. The third-order valence-corrected chi connectivity index (χ3v) is 2.80. The molecule has 1 unspecified atom stereocenters. The predicted octanol–water partition coefficient (Wildman–Crippen LogP) is 3.62. The molecule has 2 nitrogen and oxygen atoms in total. The maximum absolute atomic E-state index is 9.24. The van der Waals surface area contributed by atoms with Crippen LogP contribution >= 0.6 is 0 Å². The van der Waals surface area contributed by atoms with Gasteiger partial charge in [0.05, 0.1) is 17.7 Å². The Labute approximate surface area is 113 Å². The Morgan fingerprint density at radius 2 is 1.84 bits per heavy atom. The summed E-state index contributed by atoms with van der Waals surface area (Å²) >= 11 is 0. The fourth-order valence-electron chi connectivity index (χ4n) is 1.81. The highest BCUT2D eigenvalue weighted by Gasteiger charge is 1.99. The molecule has 94 valence electrons. The molecule has 0 aromatic heterocycles. The predicted molar refractivity (Wildman–Crippen MR) is 77.3 cm³/mol. The van der Waals surface area contributed by atoms with Gasteiger partial charge in [0.25, 0.3) is 0 Å². The molecule has 0 spiro atoms. The minimum atomic E-state index is -0.446. The second-order valence-corrected chi connectivity index (χ2v) is 4.41. The first-order valence-electron chi connectivity index (χ1n) is 6.16. The van der Waals surface area contributed by atoms with E-state index < -0.39 is 6.10 Å². The van der Waals surface area contributed by atoms with E-state index in [1.165, 1.54) is 0 Å². The van der Waals surface area contributed by atoms with Gasteiger partial charge in [-0.15, -0.1) is 0 Å². The molecule has 0 radical (unpaired) electrons. The van der Waals surface area contributed by atoms with Gasteiger partial charge >= 0.3 is 0 Å². The third kappa shape index (κ3) is 3.54. The molecule has 0 aliphatic rings. The number of rotatable bonds is 3. The van der Waals surface area contributed by atoms with Crippen molar-refractivity contribution in [3.63, 3.8) is 0 Å². The molecule has 2 heteroatoms. The van der Waals surface area contributed by atoms with Crippen LogP contribution in [0.25, 0.3) is 17.2 Å². The zero-order valence-corrected chi connectivity index (χ0v) is 10.7. The second kappa shape index (κ2) is 5.99. The van der Waals surface area contributed by atoms with E-state index in [1.54, 1.807) is 13.0 Å². The van der Waals surface area contributed by atoms with Crippen LogP contribution in [0.3, 0.4) is 0 Å². The molecule has 0 saturated heterocycles. The topological polar surface area (TPSA) is 44.0 Å². The van der Waals surface area contributed by atoms with E-state index >= 15 is 0 Å². The van der Waals surface area contributed by atoms with Crippen molar-refractivity contribution in [1.82, 2.24) is 0 Å². The molecule has 1 atom stereocenters. The van der Waals surface area contributed by atoms with Crippen LogP contribution in [0, 0.1) is 11.3 Å². The van der Waals surface area contributed by atoms with Crippen molar-refractivity contribution in [1.29, 1.82) is 5.26 Å². The SMILES string of the molecule is CC(O)/C=C/c1cccc(-c2ccc(C#N)cc2)c1. The summed E-state index contributed by atoms with van der Waals surface area (Å²) in [4.78, 5) is 0. The second-order valence-electron chi connectivity index (χ2n) is 4.41. The Bertz CT molecular complexity index is 618. The van der Waals surface area contributed by atoms with Crippen LogP contribution in [0.1, 0.15) is 18.1 Å². The van der Waals surface area contributed by atoms with Crippen molar-refractivity contribution in [3.05, 3.63) is 65.7 Å². The lowest BCUT2D eigenvalue weighted by Crippen LogP contribution is -1.91. The van der Waals surface area contributed by atoms with E-state index in [0.29, 0.717) is 5.56 Å². The number of hydrogen-bond acceptors (Lipinski definition) is 2.